The molecule has 3 rings (SSSR count). The van der Waals surface area contributed by atoms with Gasteiger partial charge in [-0.1, -0.05) is 11.8 Å². The first kappa shape index (κ1) is 17.4. The first-order chi connectivity index (χ1) is 12.0. The molecule has 1 fully saturated rings. The molecular formula is C16H18FN5O2S. The van der Waals surface area contributed by atoms with Gasteiger partial charge in [-0.25, -0.2) is 4.39 Å². The van der Waals surface area contributed by atoms with Crippen molar-refractivity contribution in [2.45, 2.75) is 23.9 Å². The van der Waals surface area contributed by atoms with E-state index in [0.29, 0.717) is 16.8 Å². The zero-order valence-corrected chi connectivity index (χ0v) is 14.5. The number of rotatable bonds is 7. The lowest BCUT2D eigenvalue weighted by Crippen LogP contribution is -2.33. The number of hydrogen-bond donors (Lipinski definition) is 2. The third-order valence-electron chi connectivity index (χ3n) is 3.72. The number of hydrogen-bond acceptors (Lipinski definition) is 5. The van der Waals surface area contributed by atoms with E-state index in [1.807, 2.05) is 11.6 Å². The number of benzene rings is 1. The summed E-state index contributed by atoms with van der Waals surface area (Å²) in [6, 6.07) is 5.41. The first-order valence-electron chi connectivity index (χ1n) is 7.87. The molecule has 2 amide bonds. The summed E-state index contributed by atoms with van der Waals surface area (Å²) in [5, 5.41) is 14.1. The van der Waals surface area contributed by atoms with Gasteiger partial charge in [0, 0.05) is 18.7 Å². The van der Waals surface area contributed by atoms with Crippen LogP contribution >= 0.6 is 11.8 Å². The lowest BCUT2D eigenvalue weighted by molar-refractivity contribution is -0.122. The van der Waals surface area contributed by atoms with E-state index < -0.39 is 0 Å². The molecule has 1 aliphatic carbocycles. The fourth-order valence-corrected chi connectivity index (χ4v) is 3.00. The van der Waals surface area contributed by atoms with Gasteiger partial charge in [0.2, 0.25) is 11.8 Å². The van der Waals surface area contributed by atoms with Crippen LogP contribution in [0.4, 0.5) is 10.1 Å². The van der Waals surface area contributed by atoms with Gasteiger partial charge in [-0.05, 0) is 37.1 Å². The summed E-state index contributed by atoms with van der Waals surface area (Å²) in [5.41, 5.74) is 0.474. The summed E-state index contributed by atoms with van der Waals surface area (Å²) in [6.45, 7) is -0.150. The molecule has 132 valence electrons. The predicted octanol–water partition coefficient (Wildman–Crippen LogP) is 1.68. The molecule has 1 aromatic carbocycles. The van der Waals surface area contributed by atoms with Crippen LogP contribution in [0.25, 0.3) is 0 Å². The van der Waals surface area contributed by atoms with Crippen molar-refractivity contribution < 1.29 is 14.0 Å². The molecule has 0 spiro atoms. The van der Waals surface area contributed by atoms with E-state index in [1.54, 1.807) is 0 Å². The molecule has 9 heteroatoms. The van der Waals surface area contributed by atoms with E-state index in [9.17, 15) is 14.0 Å². The number of aromatic nitrogens is 3. The van der Waals surface area contributed by atoms with Gasteiger partial charge >= 0.3 is 0 Å². The molecular weight excluding hydrogens is 345 g/mol. The Bertz CT molecular complexity index is 773. The summed E-state index contributed by atoms with van der Waals surface area (Å²) < 4.78 is 14.7. The van der Waals surface area contributed by atoms with Crippen molar-refractivity contribution in [1.29, 1.82) is 0 Å². The van der Waals surface area contributed by atoms with E-state index in [4.69, 9.17) is 0 Å². The van der Waals surface area contributed by atoms with Gasteiger partial charge < -0.3 is 15.2 Å². The lowest BCUT2D eigenvalue weighted by Gasteiger charge is -2.07. The van der Waals surface area contributed by atoms with Crippen molar-refractivity contribution >= 4 is 29.3 Å². The minimum Gasteiger partial charge on any atom is -0.346 e. The molecule has 0 atom stereocenters. The standard InChI is InChI=1S/C16H18FN5O2S/c1-22-15(10-2-3-10)20-21-16(22)25-9-14(24)18-8-13(23)19-12-6-4-11(17)5-7-12/h4-7,10H,2-3,8-9H2,1H3,(H,18,24)(H,19,23). The fourth-order valence-electron chi connectivity index (χ4n) is 2.25. The van der Waals surface area contributed by atoms with Gasteiger partial charge in [-0.15, -0.1) is 10.2 Å². The van der Waals surface area contributed by atoms with Gasteiger partial charge in [0.1, 0.15) is 11.6 Å². The minimum atomic E-state index is -0.378. The van der Waals surface area contributed by atoms with Gasteiger partial charge in [0.05, 0.1) is 12.3 Å². The van der Waals surface area contributed by atoms with Crippen molar-refractivity contribution in [3.05, 3.63) is 35.9 Å². The molecule has 0 aliphatic heterocycles. The molecule has 1 aliphatic rings. The average molecular weight is 363 g/mol. The Hall–Kier alpha value is -2.42. The van der Waals surface area contributed by atoms with Crippen molar-refractivity contribution in [3.8, 4) is 0 Å². The second-order valence-electron chi connectivity index (χ2n) is 5.79. The van der Waals surface area contributed by atoms with Crippen molar-refractivity contribution in [3.63, 3.8) is 0 Å². The summed E-state index contributed by atoms with van der Waals surface area (Å²) >= 11 is 1.28. The van der Waals surface area contributed by atoms with E-state index in [1.165, 1.54) is 36.0 Å². The van der Waals surface area contributed by atoms with Crippen molar-refractivity contribution in [1.82, 2.24) is 20.1 Å². The smallest absolute Gasteiger partial charge is 0.243 e. The highest BCUT2D eigenvalue weighted by Gasteiger charge is 2.29. The zero-order valence-electron chi connectivity index (χ0n) is 13.7. The molecule has 7 nitrogen and oxygen atoms in total. The SMILES string of the molecule is Cn1c(SCC(=O)NCC(=O)Nc2ccc(F)cc2)nnc1C1CC1. The molecule has 0 bridgehead atoms. The van der Waals surface area contributed by atoms with E-state index in [0.717, 1.165) is 18.7 Å². The molecule has 1 heterocycles. The third-order valence-corrected chi connectivity index (χ3v) is 4.74. The Kier molecular flexibility index (Phi) is 5.32. The summed E-state index contributed by atoms with van der Waals surface area (Å²) in [7, 11) is 1.89. The van der Waals surface area contributed by atoms with Crippen LogP contribution in [0.5, 0.6) is 0 Å². The molecule has 1 saturated carbocycles. The maximum atomic E-state index is 12.8. The Morgan fingerprint density at radius 3 is 2.64 bits per heavy atom. The number of nitrogens with one attached hydrogen (secondary N) is 2. The molecule has 0 unspecified atom stereocenters. The van der Waals surface area contributed by atoms with Crippen molar-refractivity contribution in [2.75, 3.05) is 17.6 Å². The second-order valence-corrected chi connectivity index (χ2v) is 6.74. The monoisotopic (exact) mass is 363 g/mol. The minimum absolute atomic E-state index is 0.150. The number of amides is 2. The van der Waals surface area contributed by atoms with Crippen LogP contribution in [0.1, 0.15) is 24.6 Å². The highest BCUT2D eigenvalue weighted by atomic mass is 32.2. The van der Waals surface area contributed by atoms with Crippen LogP contribution in [0.15, 0.2) is 29.4 Å². The third kappa shape index (κ3) is 4.79. The number of halogens is 1. The number of carbonyl (C=O) groups is 2. The maximum Gasteiger partial charge on any atom is 0.243 e. The topological polar surface area (TPSA) is 88.9 Å². The fraction of sp³-hybridized carbons (Fsp3) is 0.375. The van der Waals surface area contributed by atoms with Crippen LogP contribution in [-0.2, 0) is 16.6 Å². The van der Waals surface area contributed by atoms with Crippen LogP contribution in [0.2, 0.25) is 0 Å². The Morgan fingerprint density at radius 1 is 1.24 bits per heavy atom. The van der Waals surface area contributed by atoms with Crippen LogP contribution < -0.4 is 10.6 Å². The average Bonchev–Trinajstić information content (AvgIpc) is 3.37. The van der Waals surface area contributed by atoms with Gasteiger partial charge in [0.25, 0.3) is 0 Å². The molecule has 2 aromatic rings. The summed E-state index contributed by atoms with van der Waals surface area (Å²) in [5.74, 6) is 0.588. The number of carbonyl (C=O) groups excluding carboxylic acids is 2. The van der Waals surface area contributed by atoms with Crippen LogP contribution in [0, 0.1) is 5.82 Å². The summed E-state index contributed by atoms with van der Waals surface area (Å²) in [4.78, 5) is 23.6. The maximum absolute atomic E-state index is 12.8. The van der Waals surface area contributed by atoms with E-state index in [2.05, 4.69) is 20.8 Å². The Morgan fingerprint density at radius 2 is 1.96 bits per heavy atom. The van der Waals surface area contributed by atoms with E-state index >= 15 is 0 Å². The highest BCUT2D eigenvalue weighted by Crippen LogP contribution is 2.39. The van der Waals surface area contributed by atoms with Gasteiger partial charge in [-0.2, -0.15) is 0 Å². The number of anilines is 1. The molecule has 0 radical (unpaired) electrons. The zero-order chi connectivity index (χ0) is 17.8. The first-order valence-corrected chi connectivity index (χ1v) is 8.85. The Labute approximate surface area is 148 Å². The number of thioether (sulfide) groups is 1. The normalized spacial score (nSPS) is 13.5. The molecule has 1 aromatic heterocycles. The largest absolute Gasteiger partial charge is 0.346 e. The van der Waals surface area contributed by atoms with Crippen LogP contribution in [0.3, 0.4) is 0 Å². The van der Waals surface area contributed by atoms with Crippen LogP contribution in [-0.4, -0.2) is 38.9 Å². The van der Waals surface area contributed by atoms with Gasteiger partial charge in [0.15, 0.2) is 5.16 Å². The van der Waals surface area contributed by atoms with Crippen molar-refractivity contribution in [2.24, 2.45) is 7.05 Å². The van der Waals surface area contributed by atoms with Gasteiger partial charge in [-0.3, -0.25) is 9.59 Å². The quantitative estimate of drug-likeness (QED) is 0.731. The lowest BCUT2D eigenvalue weighted by atomic mass is 10.3. The highest BCUT2D eigenvalue weighted by molar-refractivity contribution is 7.99. The Balaban J connectivity index is 1.40. The summed E-state index contributed by atoms with van der Waals surface area (Å²) in [6.07, 6.45) is 2.28. The second kappa shape index (κ2) is 7.64. The molecule has 2 N–H and O–H groups in total. The predicted molar refractivity (Wildman–Crippen MR) is 91.7 cm³/mol. The molecule has 0 saturated heterocycles. The number of nitrogens with zero attached hydrogens (tertiary/aromatic N) is 3. The van der Waals surface area contributed by atoms with E-state index in [-0.39, 0.29) is 29.9 Å². The molecule has 25 heavy (non-hydrogen) atoms.